The Kier molecular flexibility index (Phi) is 4.38. The predicted octanol–water partition coefficient (Wildman–Crippen LogP) is 2.95. The van der Waals surface area contributed by atoms with E-state index in [1.54, 1.807) is 19.1 Å². The molecule has 2 aromatic rings. The summed E-state index contributed by atoms with van der Waals surface area (Å²) in [7, 11) is 3.77. The number of aromatic nitrogens is 2. The van der Waals surface area contributed by atoms with Crippen LogP contribution in [0.4, 0.5) is 9.52 Å². The molecule has 0 aliphatic rings. The van der Waals surface area contributed by atoms with Gasteiger partial charge in [0.25, 0.3) is 0 Å². The zero-order valence-corrected chi connectivity index (χ0v) is 12.4. The fraction of sp³-hybridized carbons (Fsp3) is 0.333. The van der Waals surface area contributed by atoms with Crippen LogP contribution in [0.1, 0.15) is 18.6 Å². The summed E-state index contributed by atoms with van der Waals surface area (Å²) in [5.74, 6) is -0.405. The summed E-state index contributed by atoms with van der Waals surface area (Å²) in [6.45, 7) is 1.55. The minimum atomic E-state index is -0.857. The van der Waals surface area contributed by atoms with Gasteiger partial charge < -0.3 is 10.0 Å². The third-order valence-electron chi connectivity index (χ3n) is 2.41. The van der Waals surface area contributed by atoms with Crippen LogP contribution < -0.4 is 4.90 Å². The lowest BCUT2D eigenvalue weighted by molar-refractivity contribution is 0.191. The second-order valence-electron chi connectivity index (χ2n) is 4.17. The van der Waals surface area contributed by atoms with E-state index < -0.39 is 11.9 Å². The fourth-order valence-electron chi connectivity index (χ4n) is 1.53. The lowest BCUT2D eigenvalue weighted by Gasteiger charge is -2.11. The molecule has 0 saturated heterocycles. The third kappa shape index (κ3) is 3.23. The zero-order chi connectivity index (χ0) is 14.0. The lowest BCUT2D eigenvalue weighted by Crippen LogP contribution is -2.07. The molecule has 0 aliphatic heterocycles. The van der Waals surface area contributed by atoms with Crippen molar-refractivity contribution in [1.82, 2.24) is 10.2 Å². The second kappa shape index (κ2) is 5.85. The Balaban J connectivity index is 2.30. The van der Waals surface area contributed by atoms with Gasteiger partial charge in [-0.15, -0.1) is 10.2 Å². The average Bonchev–Trinajstić information content (AvgIpc) is 2.77. The van der Waals surface area contributed by atoms with E-state index in [4.69, 9.17) is 0 Å². The van der Waals surface area contributed by atoms with E-state index >= 15 is 0 Å². The normalized spacial score (nSPS) is 12.5. The molecule has 4 nitrogen and oxygen atoms in total. The maximum Gasteiger partial charge on any atom is 0.208 e. The van der Waals surface area contributed by atoms with Crippen molar-refractivity contribution < 1.29 is 9.50 Å². The highest BCUT2D eigenvalue weighted by molar-refractivity contribution is 8.01. The Hall–Kier alpha value is -1.18. The predicted molar refractivity (Wildman–Crippen MR) is 75.4 cm³/mol. The molecule has 0 bridgehead atoms. The van der Waals surface area contributed by atoms with Crippen LogP contribution in [0.3, 0.4) is 0 Å². The minimum Gasteiger partial charge on any atom is -0.389 e. The first-order chi connectivity index (χ1) is 8.99. The molecule has 1 heterocycles. The molecular weight excluding hydrogens is 285 g/mol. The van der Waals surface area contributed by atoms with Crippen molar-refractivity contribution in [2.45, 2.75) is 22.3 Å². The molecule has 2 rings (SSSR count). The quantitative estimate of drug-likeness (QED) is 0.940. The first kappa shape index (κ1) is 14.2. The summed E-state index contributed by atoms with van der Waals surface area (Å²) < 4.78 is 14.4. The smallest absolute Gasteiger partial charge is 0.208 e. The van der Waals surface area contributed by atoms with E-state index in [0.717, 1.165) is 9.47 Å². The van der Waals surface area contributed by atoms with Gasteiger partial charge in [0.05, 0.1) is 6.10 Å². The van der Waals surface area contributed by atoms with Crippen molar-refractivity contribution >= 4 is 28.2 Å². The van der Waals surface area contributed by atoms with E-state index in [1.807, 2.05) is 19.0 Å². The van der Waals surface area contributed by atoms with E-state index in [-0.39, 0.29) is 0 Å². The summed E-state index contributed by atoms with van der Waals surface area (Å²) in [5, 5.41) is 18.5. The Morgan fingerprint density at radius 3 is 2.68 bits per heavy atom. The van der Waals surface area contributed by atoms with Gasteiger partial charge in [-0.25, -0.2) is 4.39 Å². The first-order valence-electron chi connectivity index (χ1n) is 5.64. The maximum absolute atomic E-state index is 13.7. The molecule has 1 aromatic carbocycles. The summed E-state index contributed by atoms with van der Waals surface area (Å²) in [4.78, 5) is 2.53. The molecule has 102 valence electrons. The minimum absolute atomic E-state index is 0.300. The lowest BCUT2D eigenvalue weighted by atomic mass is 10.1. The number of halogens is 1. The van der Waals surface area contributed by atoms with Crippen molar-refractivity contribution in [1.29, 1.82) is 0 Å². The monoisotopic (exact) mass is 299 g/mol. The van der Waals surface area contributed by atoms with Crippen LogP contribution >= 0.6 is 23.1 Å². The second-order valence-corrected chi connectivity index (χ2v) is 6.42. The van der Waals surface area contributed by atoms with Crippen LogP contribution in [-0.2, 0) is 0 Å². The van der Waals surface area contributed by atoms with Crippen LogP contribution in [0.5, 0.6) is 0 Å². The van der Waals surface area contributed by atoms with Crippen LogP contribution in [0.15, 0.2) is 27.4 Å². The van der Waals surface area contributed by atoms with Crippen LogP contribution in [0, 0.1) is 5.82 Å². The van der Waals surface area contributed by atoms with E-state index in [9.17, 15) is 9.50 Å². The Labute approximate surface area is 119 Å². The standard InChI is InChI=1S/C12H14FN3OS2/c1-7(17)10-8(13)5-4-6-9(10)18-12-15-14-11(19-12)16(2)3/h4-7,17H,1-3H3/t7-/m0/s1. The Morgan fingerprint density at radius 2 is 2.11 bits per heavy atom. The van der Waals surface area contributed by atoms with Crippen molar-refractivity contribution in [3.63, 3.8) is 0 Å². The molecule has 0 unspecified atom stereocenters. The van der Waals surface area contributed by atoms with Crippen LogP contribution in [-0.4, -0.2) is 29.4 Å². The number of hydrogen-bond donors (Lipinski definition) is 1. The molecule has 0 aliphatic carbocycles. The van der Waals surface area contributed by atoms with Crippen LogP contribution in [0.25, 0.3) is 0 Å². The molecule has 1 N–H and O–H groups in total. The van der Waals surface area contributed by atoms with E-state index in [2.05, 4.69) is 10.2 Å². The number of aliphatic hydroxyl groups is 1. The summed E-state index contributed by atoms with van der Waals surface area (Å²) >= 11 is 2.74. The van der Waals surface area contributed by atoms with Gasteiger partial charge in [-0.2, -0.15) is 0 Å². The Bertz CT molecular complexity index is 572. The number of anilines is 1. The van der Waals surface area contributed by atoms with Gasteiger partial charge in [0.15, 0.2) is 4.34 Å². The number of rotatable bonds is 4. The van der Waals surface area contributed by atoms with Crippen molar-refractivity contribution in [3.05, 3.63) is 29.6 Å². The molecule has 0 spiro atoms. The molecule has 19 heavy (non-hydrogen) atoms. The number of hydrogen-bond acceptors (Lipinski definition) is 6. The first-order valence-corrected chi connectivity index (χ1v) is 7.27. The fourth-order valence-corrected chi connectivity index (χ4v) is 3.49. The molecule has 0 saturated carbocycles. The number of aliphatic hydroxyl groups excluding tert-OH is 1. The largest absolute Gasteiger partial charge is 0.389 e. The summed E-state index contributed by atoms with van der Waals surface area (Å²) in [6.07, 6.45) is -0.857. The molecule has 0 fully saturated rings. The van der Waals surface area contributed by atoms with Gasteiger partial charge in [0, 0.05) is 24.6 Å². The van der Waals surface area contributed by atoms with Gasteiger partial charge in [-0.1, -0.05) is 29.2 Å². The van der Waals surface area contributed by atoms with Crippen molar-refractivity contribution in [3.8, 4) is 0 Å². The average molecular weight is 299 g/mol. The van der Waals surface area contributed by atoms with Crippen LogP contribution in [0.2, 0.25) is 0 Å². The third-order valence-corrected chi connectivity index (χ3v) is 4.62. The van der Waals surface area contributed by atoms with E-state index in [1.165, 1.54) is 29.2 Å². The van der Waals surface area contributed by atoms with Crippen molar-refractivity contribution in [2.24, 2.45) is 0 Å². The Morgan fingerprint density at radius 1 is 1.37 bits per heavy atom. The highest BCUT2D eigenvalue weighted by atomic mass is 32.2. The highest BCUT2D eigenvalue weighted by Gasteiger charge is 2.16. The molecule has 0 amide bonds. The molecular formula is C12H14FN3OS2. The van der Waals surface area contributed by atoms with Gasteiger partial charge in [-0.05, 0) is 19.1 Å². The number of benzene rings is 1. The summed E-state index contributed by atoms with van der Waals surface area (Å²) in [5.41, 5.74) is 0.300. The molecule has 1 aromatic heterocycles. The van der Waals surface area contributed by atoms with Crippen molar-refractivity contribution in [2.75, 3.05) is 19.0 Å². The van der Waals surface area contributed by atoms with E-state index in [0.29, 0.717) is 10.5 Å². The van der Waals surface area contributed by atoms with Gasteiger partial charge in [0.1, 0.15) is 5.82 Å². The highest BCUT2D eigenvalue weighted by Crippen LogP contribution is 2.37. The molecule has 1 atom stereocenters. The summed E-state index contributed by atoms with van der Waals surface area (Å²) in [6, 6.07) is 4.74. The number of nitrogens with zero attached hydrogens (tertiary/aromatic N) is 3. The zero-order valence-electron chi connectivity index (χ0n) is 10.8. The molecule has 7 heteroatoms. The molecule has 0 radical (unpaired) electrons. The maximum atomic E-state index is 13.7. The van der Waals surface area contributed by atoms with Gasteiger partial charge in [-0.3, -0.25) is 0 Å². The van der Waals surface area contributed by atoms with Gasteiger partial charge in [0.2, 0.25) is 5.13 Å². The van der Waals surface area contributed by atoms with Gasteiger partial charge >= 0.3 is 0 Å². The SMILES string of the molecule is C[C@H](O)c1c(F)cccc1Sc1nnc(N(C)C)s1. The topological polar surface area (TPSA) is 49.3 Å².